The minimum atomic E-state index is -0.195. The Morgan fingerprint density at radius 2 is 1.55 bits per heavy atom. The van der Waals surface area contributed by atoms with Gasteiger partial charge in [-0.15, -0.1) is 0 Å². The number of halogens is 1. The van der Waals surface area contributed by atoms with Crippen LogP contribution in [0, 0.1) is 0 Å². The highest BCUT2D eigenvalue weighted by molar-refractivity contribution is 6.33. The van der Waals surface area contributed by atoms with E-state index in [1.807, 2.05) is 53.4 Å². The highest BCUT2D eigenvalue weighted by atomic mass is 35.5. The Bertz CT molecular complexity index is 1170. The summed E-state index contributed by atoms with van der Waals surface area (Å²) < 4.78 is 0. The van der Waals surface area contributed by atoms with Gasteiger partial charge in [-0.05, 0) is 42.5 Å². The van der Waals surface area contributed by atoms with Gasteiger partial charge in [-0.1, -0.05) is 35.9 Å². The van der Waals surface area contributed by atoms with Gasteiger partial charge in [0.25, 0.3) is 11.8 Å². The molecule has 2 aliphatic heterocycles. The third-order valence-electron chi connectivity index (χ3n) is 5.72. The van der Waals surface area contributed by atoms with E-state index < -0.39 is 0 Å². The lowest BCUT2D eigenvalue weighted by atomic mass is 10.1. The van der Waals surface area contributed by atoms with Crippen LogP contribution in [0.5, 0.6) is 0 Å². The molecule has 0 saturated carbocycles. The maximum Gasteiger partial charge on any atom is 0.257 e. The molecule has 0 bridgehead atoms. The SMILES string of the molecule is O=C1Nc2cc(C(=O)N3CCN(c4ccccc4Cl)CC3)ccc2Nc2ccccc21. The zero-order chi connectivity index (χ0) is 21.4. The van der Waals surface area contributed by atoms with Crippen molar-refractivity contribution in [2.45, 2.75) is 0 Å². The molecular formula is C24H21ClN4O2. The minimum Gasteiger partial charge on any atom is -0.367 e. The van der Waals surface area contributed by atoms with Gasteiger partial charge in [-0.2, -0.15) is 0 Å². The molecule has 0 radical (unpaired) electrons. The average Bonchev–Trinajstić information content (AvgIpc) is 2.94. The van der Waals surface area contributed by atoms with Crippen molar-refractivity contribution >= 4 is 46.2 Å². The molecule has 3 aromatic carbocycles. The number of anilines is 4. The van der Waals surface area contributed by atoms with Crippen molar-refractivity contribution in [2.75, 3.05) is 41.7 Å². The van der Waals surface area contributed by atoms with E-state index >= 15 is 0 Å². The molecule has 1 saturated heterocycles. The summed E-state index contributed by atoms with van der Waals surface area (Å²) in [6.07, 6.45) is 0. The molecule has 0 spiro atoms. The van der Waals surface area contributed by atoms with Crippen molar-refractivity contribution in [3.8, 4) is 0 Å². The van der Waals surface area contributed by atoms with Crippen molar-refractivity contribution < 1.29 is 9.59 Å². The topological polar surface area (TPSA) is 64.7 Å². The number of hydrogen-bond donors (Lipinski definition) is 2. The third kappa shape index (κ3) is 3.70. The summed E-state index contributed by atoms with van der Waals surface area (Å²) in [6, 6.07) is 20.5. The second-order valence-electron chi connectivity index (χ2n) is 7.62. The van der Waals surface area contributed by atoms with Crippen LogP contribution in [0.1, 0.15) is 20.7 Å². The first-order valence-electron chi connectivity index (χ1n) is 10.2. The van der Waals surface area contributed by atoms with Crippen LogP contribution < -0.4 is 15.5 Å². The van der Waals surface area contributed by atoms with E-state index in [-0.39, 0.29) is 11.8 Å². The lowest BCUT2D eigenvalue weighted by Crippen LogP contribution is -2.48. The second-order valence-corrected chi connectivity index (χ2v) is 8.02. The molecule has 2 aliphatic rings. The zero-order valence-corrected chi connectivity index (χ0v) is 17.5. The van der Waals surface area contributed by atoms with Crippen LogP contribution in [0.3, 0.4) is 0 Å². The van der Waals surface area contributed by atoms with Gasteiger partial charge in [0.1, 0.15) is 0 Å². The van der Waals surface area contributed by atoms with Crippen molar-refractivity contribution in [1.82, 2.24) is 4.90 Å². The van der Waals surface area contributed by atoms with Crippen molar-refractivity contribution in [2.24, 2.45) is 0 Å². The van der Waals surface area contributed by atoms with Crippen molar-refractivity contribution in [1.29, 1.82) is 0 Å². The molecule has 2 heterocycles. The fraction of sp³-hybridized carbons (Fsp3) is 0.167. The highest BCUT2D eigenvalue weighted by Crippen LogP contribution is 2.33. The van der Waals surface area contributed by atoms with Gasteiger partial charge in [-0.3, -0.25) is 9.59 Å². The Labute approximate surface area is 185 Å². The molecule has 7 heteroatoms. The van der Waals surface area contributed by atoms with E-state index in [2.05, 4.69) is 15.5 Å². The Morgan fingerprint density at radius 1 is 0.806 bits per heavy atom. The van der Waals surface area contributed by atoms with Gasteiger partial charge in [0.05, 0.1) is 33.3 Å². The van der Waals surface area contributed by atoms with Crippen LogP contribution in [0.2, 0.25) is 5.02 Å². The molecule has 0 aliphatic carbocycles. The predicted molar refractivity (Wildman–Crippen MR) is 124 cm³/mol. The monoisotopic (exact) mass is 432 g/mol. The molecule has 0 aromatic heterocycles. The van der Waals surface area contributed by atoms with E-state index in [1.54, 1.807) is 18.2 Å². The third-order valence-corrected chi connectivity index (χ3v) is 6.04. The van der Waals surface area contributed by atoms with Gasteiger partial charge in [0.15, 0.2) is 0 Å². The Morgan fingerprint density at radius 3 is 2.35 bits per heavy atom. The van der Waals surface area contributed by atoms with Gasteiger partial charge in [-0.25, -0.2) is 0 Å². The molecule has 2 N–H and O–H groups in total. The second kappa shape index (κ2) is 7.96. The predicted octanol–water partition coefficient (Wildman–Crippen LogP) is 4.61. The number of benzene rings is 3. The normalized spacial score (nSPS) is 15.3. The Balaban J connectivity index is 1.32. The number of carbonyl (C=O) groups is 2. The van der Waals surface area contributed by atoms with Gasteiger partial charge >= 0.3 is 0 Å². The van der Waals surface area contributed by atoms with Crippen molar-refractivity contribution in [3.05, 3.63) is 82.9 Å². The van der Waals surface area contributed by atoms with Crippen LogP contribution in [0.25, 0.3) is 0 Å². The summed E-state index contributed by atoms with van der Waals surface area (Å²) in [7, 11) is 0. The van der Waals surface area contributed by atoms with Gasteiger partial charge in [0, 0.05) is 31.7 Å². The number of para-hydroxylation sites is 2. The molecule has 156 valence electrons. The van der Waals surface area contributed by atoms with Crippen LogP contribution in [-0.4, -0.2) is 42.9 Å². The molecular weight excluding hydrogens is 412 g/mol. The quantitative estimate of drug-likeness (QED) is 0.620. The molecule has 6 nitrogen and oxygen atoms in total. The minimum absolute atomic E-state index is 0.0439. The van der Waals surface area contributed by atoms with E-state index in [0.717, 1.165) is 22.1 Å². The maximum atomic E-state index is 13.1. The summed E-state index contributed by atoms with van der Waals surface area (Å²) in [5.74, 6) is -0.238. The fourth-order valence-corrected chi connectivity index (χ4v) is 4.31. The largest absolute Gasteiger partial charge is 0.367 e. The van der Waals surface area contributed by atoms with Crippen LogP contribution in [-0.2, 0) is 0 Å². The van der Waals surface area contributed by atoms with Gasteiger partial charge in [0.2, 0.25) is 0 Å². The standard InChI is InChI=1S/C24H21ClN4O2/c25-18-6-2-4-8-22(18)28-11-13-29(14-12-28)24(31)16-9-10-20-21(15-16)27-23(30)17-5-1-3-7-19(17)26-20/h1-10,15,26H,11-14H2,(H,27,30). The Kier molecular flexibility index (Phi) is 5.00. The molecule has 2 amide bonds. The van der Waals surface area contributed by atoms with E-state index in [4.69, 9.17) is 11.6 Å². The maximum absolute atomic E-state index is 13.1. The lowest BCUT2D eigenvalue weighted by Gasteiger charge is -2.36. The summed E-state index contributed by atoms with van der Waals surface area (Å²) in [6.45, 7) is 2.65. The number of rotatable bonds is 2. The first kappa shape index (κ1) is 19.5. The van der Waals surface area contributed by atoms with Crippen LogP contribution in [0.15, 0.2) is 66.7 Å². The molecule has 3 aromatic rings. The van der Waals surface area contributed by atoms with Gasteiger partial charge < -0.3 is 20.4 Å². The van der Waals surface area contributed by atoms with Crippen LogP contribution >= 0.6 is 11.6 Å². The molecule has 5 rings (SSSR count). The van der Waals surface area contributed by atoms with E-state index in [1.165, 1.54) is 0 Å². The first-order valence-corrected chi connectivity index (χ1v) is 10.6. The highest BCUT2D eigenvalue weighted by Gasteiger charge is 2.25. The number of amides is 2. The number of nitrogens with zero attached hydrogens (tertiary/aromatic N) is 2. The molecule has 0 unspecified atom stereocenters. The number of carbonyl (C=O) groups excluding carboxylic acids is 2. The molecule has 0 atom stereocenters. The van der Waals surface area contributed by atoms with Crippen molar-refractivity contribution in [3.63, 3.8) is 0 Å². The number of piperazine rings is 1. The van der Waals surface area contributed by atoms with E-state index in [9.17, 15) is 9.59 Å². The lowest BCUT2D eigenvalue weighted by molar-refractivity contribution is 0.0746. The summed E-state index contributed by atoms with van der Waals surface area (Å²) in [5, 5.41) is 6.92. The summed E-state index contributed by atoms with van der Waals surface area (Å²) in [5.41, 5.74) is 4.23. The molecule has 31 heavy (non-hydrogen) atoms. The molecule has 1 fully saturated rings. The first-order chi connectivity index (χ1) is 15.1. The zero-order valence-electron chi connectivity index (χ0n) is 16.8. The summed E-state index contributed by atoms with van der Waals surface area (Å²) >= 11 is 6.32. The summed E-state index contributed by atoms with van der Waals surface area (Å²) in [4.78, 5) is 29.8. The number of fused-ring (bicyclic) bond motifs is 2. The fourth-order valence-electron chi connectivity index (χ4n) is 4.06. The average molecular weight is 433 g/mol. The number of hydrogen-bond acceptors (Lipinski definition) is 4. The number of nitrogens with one attached hydrogen (secondary N) is 2. The van der Waals surface area contributed by atoms with Crippen LogP contribution in [0.4, 0.5) is 22.7 Å². The van der Waals surface area contributed by atoms with E-state index in [0.29, 0.717) is 43.0 Å². The smallest absolute Gasteiger partial charge is 0.257 e. The Hall–Kier alpha value is -3.51.